The van der Waals surface area contributed by atoms with Crippen LogP contribution in [0.3, 0.4) is 0 Å². The number of hydrogen-bond acceptors (Lipinski definition) is 3. The molecule has 1 saturated heterocycles. The molecule has 8 heteroatoms. The maximum Gasteiger partial charge on any atom is 0.411 e. The highest BCUT2D eigenvalue weighted by Gasteiger charge is 2.27. The molecule has 0 aromatic rings. The summed E-state index contributed by atoms with van der Waals surface area (Å²) in [6.07, 6.45) is -3.20. The summed E-state index contributed by atoms with van der Waals surface area (Å²) in [5.74, 6) is 0.126. The molecule has 0 saturated carbocycles. The van der Waals surface area contributed by atoms with Crippen LogP contribution in [-0.2, 0) is 4.74 Å². The summed E-state index contributed by atoms with van der Waals surface area (Å²) in [7, 11) is 0. The van der Waals surface area contributed by atoms with Gasteiger partial charge in [-0.15, -0.1) is 0 Å². The Morgan fingerprint density at radius 1 is 1.47 bits per heavy atom. The molecule has 1 rings (SSSR count). The predicted octanol–water partition coefficient (Wildman–Crippen LogP) is 0.979. The molecule has 1 aliphatic rings. The lowest BCUT2D eigenvalue weighted by Gasteiger charge is -2.17. The Bertz CT molecular complexity index is 287. The number of likely N-dealkylation sites (tertiary alicyclic amines) is 1. The molecular weight excluding hydrogens is 265 g/mol. The van der Waals surface area contributed by atoms with E-state index in [4.69, 9.17) is 5.11 Å². The summed E-state index contributed by atoms with van der Waals surface area (Å²) in [6, 6.07) is -0.244. The molecule has 1 heterocycles. The van der Waals surface area contributed by atoms with Gasteiger partial charge in [0.25, 0.3) is 0 Å². The minimum absolute atomic E-state index is 0.0426. The highest BCUT2D eigenvalue weighted by atomic mass is 19.4. The van der Waals surface area contributed by atoms with E-state index in [1.165, 1.54) is 0 Å². The number of nitrogens with zero attached hydrogens (tertiary/aromatic N) is 1. The lowest BCUT2D eigenvalue weighted by molar-refractivity contribution is -0.173. The summed E-state index contributed by atoms with van der Waals surface area (Å²) >= 11 is 0. The first-order valence-electron chi connectivity index (χ1n) is 6.20. The van der Waals surface area contributed by atoms with Crippen LogP contribution in [0.1, 0.15) is 12.8 Å². The first-order chi connectivity index (χ1) is 8.92. The molecule has 0 bridgehead atoms. The van der Waals surface area contributed by atoms with E-state index in [1.54, 1.807) is 4.90 Å². The highest BCUT2D eigenvalue weighted by Crippen LogP contribution is 2.15. The Hall–Kier alpha value is -1.02. The van der Waals surface area contributed by atoms with Gasteiger partial charge in [0.2, 0.25) is 0 Å². The molecule has 0 radical (unpaired) electrons. The van der Waals surface area contributed by atoms with Crippen LogP contribution in [-0.4, -0.2) is 61.7 Å². The number of nitrogens with one attached hydrogen (secondary N) is 1. The average molecular weight is 284 g/mol. The van der Waals surface area contributed by atoms with Crippen molar-refractivity contribution in [2.75, 3.05) is 39.5 Å². The Morgan fingerprint density at radius 3 is 2.79 bits per heavy atom. The molecular formula is C11H19F3N2O3. The molecule has 2 amide bonds. The van der Waals surface area contributed by atoms with Gasteiger partial charge in [0, 0.05) is 38.8 Å². The molecule has 0 aromatic heterocycles. The fraction of sp³-hybridized carbons (Fsp3) is 0.909. The smallest absolute Gasteiger partial charge is 0.396 e. The third-order valence-corrected chi connectivity index (χ3v) is 2.84. The van der Waals surface area contributed by atoms with E-state index in [0.29, 0.717) is 19.5 Å². The van der Waals surface area contributed by atoms with Crippen molar-refractivity contribution in [3.63, 3.8) is 0 Å². The van der Waals surface area contributed by atoms with Gasteiger partial charge in [-0.3, -0.25) is 0 Å². The van der Waals surface area contributed by atoms with Crippen molar-refractivity contribution in [1.82, 2.24) is 10.2 Å². The van der Waals surface area contributed by atoms with Crippen LogP contribution >= 0.6 is 0 Å². The molecule has 1 fully saturated rings. The van der Waals surface area contributed by atoms with E-state index < -0.39 is 12.8 Å². The van der Waals surface area contributed by atoms with Gasteiger partial charge in [0.15, 0.2) is 0 Å². The minimum atomic E-state index is -4.31. The number of carbonyl (C=O) groups is 1. The molecule has 1 atom stereocenters. The molecule has 19 heavy (non-hydrogen) atoms. The number of halogens is 3. The van der Waals surface area contributed by atoms with E-state index in [0.717, 1.165) is 6.42 Å². The zero-order valence-electron chi connectivity index (χ0n) is 10.6. The van der Waals surface area contributed by atoms with Gasteiger partial charge < -0.3 is 20.1 Å². The van der Waals surface area contributed by atoms with Gasteiger partial charge in [-0.2, -0.15) is 13.2 Å². The molecule has 2 N–H and O–H groups in total. The zero-order chi connectivity index (χ0) is 14.3. The Kier molecular flexibility index (Phi) is 6.36. The van der Waals surface area contributed by atoms with Crippen LogP contribution in [0.4, 0.5) is 18.0 Å². The SMILES string of the molecule is O=C(NCCCOCC(F)(F)F)N1CCC(CO)C1. The number of hydrogen-bond donors (Lipinski definition) is 2. The van der Waals surface area contributed by atoms with E-state index in [-0.39, 0.29) is 31.7 Å². The van der Waals surface area contributed by atoms with Crippen LogP contribution < -0.4 is 5.32 Å². The summed E-state index contributed by atoms with van der Waals surface area (Å²) in [5.41, 5.74) is 0. The summed E-state index contributed by atoms with van der Waals surface area (Å²) in [6.45, 7) is 0.158. The topological polar surface area (TPSA) is 61.8 Å². The third kappa shape index (κ3) is 6.63. The number of carbonyl (C=O) groups excluding carboxylic acids is 1. The summed E-state index contributed by atoms with van der Waals surface area (Å²) in [5, 5.41) is 11.5. The molecule has 5 nitrogen and oxygen atoms in total. The molecule has 1 unspecified atom stereocenters. The fourth-order valence-corrected chi connectivity index (χ4v) is 1.84. The summed E-state index contributed by atoms with van der Waals surface area (Å²) in [4.78, 5) is 13.2. The number of ether oxygens (including phenoxy) is 1. The Labute approximate surface area is 109 Å². The molecule has 0 aliphatic carbocycles. The zero-order valence-corrected chi connectivity index (χ0v) is 10.6. The maximum absolute atomic E-state index is 11.7. The first kappa shape index (κ1) is 16.0. The van der Waals surface area contributed by atoms with Crippen molar-refractivity contribution < 1.29 is 27.8 Å². The van der Waals surface area contributed by atoms with Crippen LogP contribution in [0.5, 0.6) is 0 Å². The second kappa shape index (κ2) is 7.54. The highest BCUT2D eigenvalue weighted by molar-refractivity contribution is 5.74. The van der Waals surface area contributed by atoms with Crippen LogP contribution in [0, 0.1) is 5.92 Å². The normalized spacial score (nSPS) is 19.8. The van der Waals surface area contributed by atoms with Crippen molar-refractivity contribution in [2.45, 2.75) is 19.0 Å². The number of urea groups is 1. The molecule has 0 aromatic carbocycles. The van der Waals surface area contributed by atoms with Crippen molar-refractivity contribution in [3.05, 3.63) is 0 Å². The van der Waals surface area contributed by atoms with Gasteiger partial charge in [-0.1, -0.05) is 0 Å². The number of amides is 2. The number of aliphatic hydroxyl groups excluding tert-OH is 1. The van der Waals surface area contributed by atoms with E-state index in [9.17, 15) is 18.0 Å². The van der Waals surface area contributed by atoms with Gasteiger partial charge in [0.1, 0.15) is 6.61 Å². The lowest BCUT2D eigenvalue weighted by Crippen LogP contribution is -2.39. The summed E-state index contributed by atoms with van der Waals surface area (Å²) < 4.78 is 39.7. The van der Waals surface area contributed by atoms with Gasteiger partial charge in [-0.05, 0) is 12.8 Å². The van der Waals surface area contributed by atoms with Gasteiger partial charge in [-0.25, -0.2) is 4.79 Å². The number of alkyl halides is 3. The second-order valence-electron chi connectivity index (χ2n) is 4.54. The monoisotopic (exact) mass is 284 g/mol. The average Bonchev–Trinajstić information content (AvgIpc) is 2.80. The molecule has 112 valence electrons. The maximum atomic E-state index is 11.7. The van der Waals surface area contributed by atoms with E-state index in [2.05, 4.69) is 10.1 Å². The lowest BCUT2D eigenvalue weighted by atomic mass is 10.1. The van der Waals surface area contributed by atoms with Crippen molar-refractivity contribution in [3.8, 4) is 0 Å². The van der Waals surface area contributed by atoms with Crippen LogP contribution in [0.25, 0.3) is 0 Å². The fourth-order valence-electron chi connectivity index (χ4n) is 1.84. The Morgan fingerprint density at radius 2 is 2.21 bits per heavy atom. The van der Waals surface area contributed by atoms with Crippen LogP contribution in [0.15, 0.2) is 0 Å². The van der Waals surface area contributed by atoms with Crippen LogP contribution in [0.2, 0.25) is 0 Å². The molecule has 0 spiro atoms. The third-order valence-electron chi connectivity index (χ3n) is 2.84. The van der Waals surface area contributed by atoms with Crippen molar-refractivity contribution in [2.24, 2.45) is 5.92 Å². The number of aliphatic hydroxyl groups is 1. The first-order valence-corrected chi connectivity index (χ1v) is 6.20. The number of rotatable bonds is 6. The van der Waals surface area contributed by atoms with Gasteiger partial charge >= 0.3 is 12.2 Å². The standard InChI is InChI=1S/C11H19F3N2O3/c12-11(13,14)8-19-5-1-3-15-10(18)16-4-2-9(6-16)7-17/h9,17H,1-8H2,(H,15,18). The quantitative estimate of drug-likeness (QED) is 0.715. The van der Waals surface area contributed by atoms with E-state index in [1.807, 2.05) is 0 Å². The van der Waals surface area contributed by atoms with Gasteiger partial charge in [0.05, 0.1) is 0 Å². The molecule has 1 aliphatic heterocycles. The second-order valence-corrected chi connectivity index (χ2v) is 4.54. The van der Waals surface area contributed by atoms with Crippen molar-refractivity contribution in [1.29, 1.82) is 0 Å². The minimum Gasteiger partial charge on any atom is -0.396 e. The van der Waals surface area contributed by atoms with Crippen molar-refractivity contribution >= 4 is 6.03 Å². The largest absolute Gasteiger partial charge is 0.411 e. The Balaban J connectivity index is 2.02. The van der Waals surface area contributed by atoms with E-state index >= 15 is 0 Å². The predicted molar refractivity (Wildman–Crippen MR) is 61.7 cm³/mol.